The minimum atomic E-state index is -1.02. The summed E-state index contributed by atoms with van der Waals surface area (Å²) in [6, 6.07) is 90.7. The van der Waals surface area contributed by atoms with E-state index < -0.39 is 40.4 Å². The van der Waals surface area contributed by atoms with E-state index in [-0.39, 0.29) is 18.6 Å². The number of aromatic nitrogens is 6. The normalized spacial score (nSPS) is 10.2. The molecule has 22 nitrogen and oxygen atoms in total. The molecule has 0 bridgehead atoms. The molecule has 23 heteroatoms. The van der Waals surface area contributed by atoms with E-state index in [2.05, 4.69) is 95.0 Å². The van der Waals surface area contributed by atoms with E-state index in [1.165, 1.54) is 27.4 Å². The number of aromatic hydroxyl groups is 1. The Bertz CT molecular complexity index is 6400. The van der Waals surface area contributed by atoms with Gasteiger partial charge in [-0.05, 0) is 186 Å². The number of carboxylic acids is 1. The molecule has 0 saturated heterocycles. The van der Waals surface area contributed by atoms with Crippen molar-refractivity contribution in [2.45, 2.75) is 154 Å². The quantitative estimate of drug-likeness (QED) is 0.0117. The molecule has 7 N–H and O–H groups in total. The van der Waals surface area contributed by atoms with E-state index in [1.807, 2.05) is 283 Å². The zero-order valence-corrected chi connectivity index (χ0v) is 81.2. The summed E-state index contributed by atoms with van der Waals surface area (Å²) in [7, 11) is 3.37. The number of aromatic amines is 1. The van der Waals surface area contributed by atoms with Crippen LogP contribution in [0.25, 0.3) is 65.4 Å². The van der Waals surface area contributed by atoms with Gasteiger partial charge in [-0.25, -0.2) is 0 Å². The molecule has 2 amide bonds. The lowest BCUT2D eigenvalue weighted by atomic mass is 10.1. The van der Waals surface area contributed by atoms with Gasteiger partial charge in [-0.1, -0.05) is 248 Å². The van der Waals surface area contributed by atoms with E-state index in [1.54, 1.807) is 63.1 Å². The largest absolute Gasteiger partial charge is 0.508 e. The number of phenolic OH excluding ortho intramolecular Hbond substituents is 1. The maximum absolute atomic E-state index is 12.3. The van der Waals surface area contributed by atoms with Crippen LogP contribution in [0.1, 0.15) is 181 Å². The number of ketones is 3. The van der Waals surface area contributed by atoms with Gasteiger partial charge in [-0.2, -0.15) is 0 Å². The van der Waals surface area contributed by atoms with Crippen molar-refractivity contribution in [2.75, 3.05) is 34.0 Å². The molecule has 0 radical (unpaired) electrons. The van der Waals surface area contributed by atoms with Crippen molar-refractivity contribution >= 4 is 117 Å². The number of fused-ring (bicyclic) bond motifs is 6. The molecule has 6 aromatic heterocycles. The number of carbonyl (C=O) groups excluding carboxylic acids is 6. The van der Waals surface area contributed by atoms with Crippen LogP contribution in [0.15, 0.2) is 316 Å². The molecule has 0 unspecified atom stereocenters. The lowest BCUT2D eigenvalue weighted by Gasteiger charge is -2.08. The molecule has 0 aliphatic heterocycles. The summed E-state index contributed by atoms with van der Waals surface area (Å²) >= 11 is 5.45. The van der Waals surface area contributed by atoms with Gasteiger partial charge >= 0.3 is 5.97 Å². The first kappa shape index (κ1) is 108. The maximum Gasteiger partial charge on any atom is 0.303 e. The Kier molecular flexibility index (Phi) is 46.0. The number of methoxy groups -OCH3 is 2. The van der Waals surface area contributed by atoms with Gasteiger partial charge in [0, 0.05) is 142 Å². The Morgan fingerprint density at radius 1 is 0.346 bits per heavy atom. The number of aliphatic carboxylic acids is 1. The molecule has 11 aromatic carbocycles. The number of unbranched alkanes of at least 4 members (excludes halogenated alkanes) is 2. The Balaban J connectivity index is 0.000000222. The van der Waals surface area contributed by atoms with Gasteiger partial charge in [0.25, 0.3) is 28.6 Å². The Morgan fingerprint density at radius 2 is 0.654 bits per heavy atom. The van der Waals surface area contributed by atoms with Gasteiger partial charge in [-0.15, -0.1) is 0 Å². The number of Topliss-reactive ketones (excluding diaryl/α,β-unsaturated/α-hetero) is 3. The van der Waals surface area contributed by atoms with Gasteiger partial charge in [-0.3, -0.25) is 33.6 Å². The highest BCUT2D eigenvalue weighted by Gasteiger charge is 2.24. The molecule has 136 heavy (non-hydrogen) atoms. The van der Waals surface area contributed by atoms with E-state index in [4.69, 9.17) is 51.9 Å². The second kappa shape index (κ2) is 58.0. The SMILES string of the molecule is CC.CC.CC.CC.CC.CCCCOc1ccc2c(c1)c(C(=O)C(=O)Cl)cn2Cc1ccccc1.CCCCOc1ccc2c(c1)c(C(=O)C(N)=O)cn2Cc1ccccc1.COc1ccc2[nH]ccc2c1.COc1ccc2c(ccn2Cc2ccccc2)c1.NC(=O)C(=O)c1cn(Cc2ccccc2)c2ccc(OCCCC(=O)O)cc12.Oc1ccc2c(ccn2Cc2ccccc2)c1. The fourth-order valence-corrected chi connectivity index (χ4v) is 14.4. The predicted octanol–water partition coefficient (Wildman–Crippen LogP) is 25.4. The number of nitrogens with two attached hydrogens (primary N) is 2. The summed E-state index contributed by atoms with van der Waals surface area (Å²) < 4.78 is 37.6. The zero-order valence-electron chi connectivity index (χ0n) is 80.5. The average molecular weight is 1860 g/mol. The van der Waals surface area contributed by atoms with Gasteiger partial charge in [0.1, 0.15) is 34.5 Å². The van der Waals surface area contributed by atoms with Gasteiger partial charge in [0.2, 0.25) is 5.78 Å². The molecular weight excluding hydrogens is 1730 g/mol. The molecule has 17 aromatic rings. The van der Waals surface area contributed by atoms with Crippen LogP contribution in [-0.4, -0.2) is 112 Å². The van der Waals surface area contributed by atoms with Crippen molar-refractivity contribution in [2.24, 2.45) is 11.5 Å². The number of nitrogens with zero attached hydrogens (tertiary/aromatic N) is 5. The molecule has 0 aliphatic carbocycles. The van der Waals surface area contributed by atoms with Crippen molar-refractivity contribution < 1.29 is 67.5 Å². The highest BCUT2D eigenvalue weighted by Crippen LogP contribution is 2.33. The number of halogens is 1. The minimum Gasteiger partial charge on any atom is -0.508 e. The molecule has 0 atom stereocenters. The Hall–Kier alpha value is -15.2. The van der Waals surface area contributed by atoms with Gasteiger partial charge in [0.15, 0.2) is 0 Å². The van der Waals surface area contributed by atoms with E-state index in [0.29, 0.717) is 89.6 Å². The number of ether oxygens (including phenoxy) is 5. The molecule has 17 rings (SSSR count). The lowest BCUT2D eigenvalue weighted by molar-refractivity contribution is -0.137. The zero-order chi connectivity index (χ0) is 98.9. The molecule has 712 valence electrons. The molecule has 0 spiro atoms. The van der Waals surface area contributed by atoms with Gasteiger partial charge < -0.3 is 73.2 Å². The van der Waals surface area contributed by atoms with Crippen LogP contribution in [0.5, 0.6) is 34.5 Å². The molecular formula is C113H129ClN8O14. The summed E-state index contributed by atoms with van der Waals surface area (Å²) in [5.74, 6) is -1.04. The second-order valence-corrected chi connectivity index (χ2v) is 30.0. The third kappa shape index (κ3) is 31.8. The van der Waals surface area contributed by atoms with Crippen molar-refractivity contribution in [3.63, 3.8) is 0 Å². The number of H-pyrrole nitrogens is 1. The average Bonchev–Trinajstić information content (AvgIpc) is 1.63. The summed E-state index contributed by atoms with van der Waals surface area (Å²) in [6.07, 6.45) is 15.5. The number of benzene rings is 11. The van der Waals surface area contributed by atoms with Gasteiger partial charge in [0.05, 0.1) is 50.7 Å². The number of carboxylic acid groups (broad SMARTS) is 1. The molecule has 6 heterocycles. The van der Waals surface area contributed by atoms with Crippen molar-refractivity contribution in [1.29, 1.82) is 0 Å². The van der Waals surface area contributed by atoms with E-state index >= 15 is 0 Å². The van der Waals surface area contributed by atoms with Crippen LogP contribution in [-0.2, 0) is 51.9 Å². The summed E-state index contributed by atoms with van der Waals surface area (Å²) in [5, 5.41) is 22.5. The number of hydrogen-bond acceptors (Lipinski definition) is 13. The maximum atomic E-state index is 12.3. The first-order chi connectivity index (χ1) is 66.2. The fraction of sp³-hybridized carbons (Fsp3) is 0.248. The number of carbonyl (C=O) groups is 7. The number of amides is 2. The second-order valence-electron chi connectivity index (χ2n) is 29.7. The standard InChI is InChI=1S/C21H20ClNO3.C21H20N2O5.C21H22N2O3.C16H15NO.C15H13NO.C9H9NO.5C2H6/c1-2-3-11-26-16-9-10-19-17(12-16)18(20(24)21(22)25)14-23(19)13-15-7-5-4-6-8-15;22-21(27)20(26)17-13-23(12-14-5-2-1-3-6-14)18-9-8-15(11-16(17)18)28-10-4-7-19(24)25;1-2-3-11-26-16-9-10-19-17(12-16)18(20(24)21(22)25)14-23(19)13-15-7-5-4-6-8-15;1-18-15-7-8-16-14(11-15)9-10-17(16)12-13-5-3-2-4-6-13;17-14-6-7-15-13(10-14)8-9-16(15)11-12-4-2-1-3-5-12;1-11-8-2-3-9-7(6-8)4-5-10-9;5*1-2/h4-10,12,14H,2-3,11,13H2,1H3;1-3,5-6,8-9,11,13H,4,7,10,12H2,(H2,22,27)(H,24,25);4-10,12,14H,2-3,11,13H2,1H3,(H2,22,25);2-11H,12H2,1H3;1-10,17H,11H2;2-6,10H,1H3;5*1-2H3. The van der Waals surface area contributed by atoms with Crippen LogP contribution >= 0.6 is 11.6 Å². The summed E-state index contributed by atoms with van der Waals surface area (Å²) in [5.41, 5.74) is 23.1. The van der Waals surface area contributed by atoms with Crippen LogP contribution in [0, 0.1) is 0 Å². The van der Waals surface area contributed by atoms with Crippen LogP contribution in [0.2, 0.25) is 0 Å². The van der Waals surface area contributed by atoms with Crippen molar-refractivity contribution in [3.05, 3.63) is 361 Å². The topological polar surface area (TPSA) is 299 Å². The first-order valence-corrected chi connectivity index (χ1v) is 46.8. The van der Waals surface area contributed by atoms with Crippen molar-refractivity contribution in [1.82, 2.24) is 27.8 Å². The Labute approximate surface area is 802 Å². The smallest absolute Gasteiger partial charge is 0.303 e. The summed E-state index contributed by atoms with van der Waals surface area (Å²) in [6.45, 7) is 29.1. The van der Waals surface area contributed by atoms with Crippen LogP contribution in [0.4, 0.5) is 0 Å². The monoisotopic (exact) mass is 1860 g/mol. The highest BCUT2D eigenvalue weighted by atomic mass is 35.5. The number of primary amides is 2. The molecule has 0 aliphatic rings. The highest BCUT2D eigenvalue weighted by molar-refractivity contribution is 6.83. The molecule has 0 saturated carbocycles. The van der Waals surface area contributed by atoms with E-state index in [9.17, 15) is 38.7 Å². The number of hydrogen-bond donors (Lipinski definition) is 5. The third-order valence-corrected chi connectivity index (χ3v) is 20.9. The number of nitrogens with one attached hydrogen (secondary N) is 1. The van der Waals surface area contributed by atoms with Crippen LogP contribution < -0.4 is 35.2 Å². The predicted molar refractivity (Wildman–Crippen MR) is 553 cm³/mol. The fourth-order valence-electron chi connectivity index (χ4n) is 14.3. The lowest BCUT2D eigenvalue weighted by Crippen LogP contribution is -2.22. The molecule has 0 fully saturated rings. The third-order valence-electron chi connectivity index (χ3n) is 20.7. The number of phenols is 1. The van der Waals surface area contributed by atoms with Crippen LogP contribution in [0.3, 0.4) is 0 Å². The number of rotatable bonds is 31. The minimum absolute atomic E-state index is 0.0150. The first-order valence-electron chi connectivity index (χ1n) is 46.4. The van der Waals surface area contributed by atoms with E-state index in [0.717, 1.165) is 99.9 Å². The Morgan fingerprint density at radius 3 is 0.993 bits per heavy atom. The van der Waals surface area contributed by atoms with Crippen molar-refractivity contribution in [3.8, 4) is 34.5 Å². The summed E-state index contributed by atoms with van der Waals surface area (Å²) in [4.78, 5) is 84.8.